The highest BCUT2D eigenvalue weighted by Gasteiger charge is 2.40. The molecule has 0 saturated carbocycles. The van der Waals surface area contributed by atoms with Crippen LogP contribution in [0.5, 0.6) is 0 Å². The molecule has 0 spiro atoms. The quantitative estimate of drug-likeness (QED) is 0.737. The minimum absolute atomic E-state index is 0.254. The van der Waals surface area contributed by atoms with E-state index in [4.69, 9.17) is 4.18 Å². The Hall–Kier alpha value is 0.420. The molecule has 13 heavy (non-hydrogen) atoms. The van der Waals surface area contributed by atoms with Crippen LogP contribution in [0.15, 0.2) is 0 Å². The molecule has 0 heterocycles. The van der Waals surface area contributed by atoms with Crippen molar-refractivity contribution in [3.8, 4) is 0 Å². The molecule has 5 heteroatoms. The molecule has 0 aromatic rings. The fraction of sp³-hybridized carbons (Fsp3) is 1.00. The van der Waals surface area contributed by atoms with Gasteiger partial charge in [-0.25, -0.2) is 4.21 Å². The topological polar surface area (TPSA) is 29.5 Å². The Morgan fingerprint density at radius 3 is 1.92 bits per heavy atom. The highest BCUT2D eigenvalue weighted by Crippen LogP contribution is 2.33. The van der Waals surface area contributed by atoms with Crippen molar-refractivity contribution < 1.29 is 8.39 Å². The summed E-state index contributed by atoms with van der Waals surface area (Å²) >= 11 is 3.07. The molecule has 0 amide bonds. The van der Waals surface area contributed by atoms with Gasteiger partial charge in [0.2, 0.25) is 11.3 Å². The molecule has 3 nitrogen and oxygen atoms in total. The van der Waals surface area contributed by atoms with Crippen molar-refractivity contribution in [2.24, 2.45) is 0 Å². The summed E-state index contributed by atoms with van der Waals surface area (Å²) in [6.07, 6.45) is 0. The van der Waals surface area contributed by atoms with E-state index in [1.54, 1.807) is 11.4 Å². The summed E-state index contributed by atoms with van der Waals surface area (Å²) in [4.78, 5) is 0. The van der Waals surface area contributed by atoms with Gasteiger partial charge in [-0.2, -0.15) is 16.9 Å². The van der Waals surface area contributed by atoms with Gasteiger partial charge in [0, 0.05) is 17.3 Å². The summed E-state index contributed by atoms with van der Waals surface area (Å²) in [6, 6.07) is 0. The number of nitrogens with zero attached hydrogens (tertiary/aromatic N) is 1. The van der Waals surface area contributed by atoms with Crippen LogP contribution >= 0.6 is 12.6 Å². The van der Waals surface area contributed by atoms with E-state index in [0.29, 0.717) is 0 Å². The second-order valence-corrected chi connectivity index (χ2v) is 6.43. The lowest BCUT2D eigenvalue weighted by Gasteiger charge is -2.43. The van der Waals surface area contributed by atoms with Gasteiger partial charge in [0.1, 0.15) is 0 Å². The SMILES string of the molecule is COS(=O)N(C)C(C)(C)C(C)(C)S. The van der Waals surface area contributed by atoms with Crippen LogP contribution in [0.1, 0.15) is 27.7 Å². The number of thiol groups is 1. The second-order valence-electron chi connectivity index (χ2n) is 4.00. The Labute approximate surface area is 89.0 Å². The van der Waals surface area contributed by atoms with Crippen molar-refractivity contribution in [1.82, 2.24) is 4.31 Å². The zero-order chi connectivity index (χ0) is 10.9. The molecule has 0 rings (SSSR count). The van der Waals surface area contributed by atoms with E-state index in [2.05, 4.69) is 12.6 Å². The zero-order valence-electron chi connectivity index (χ0n) is 9.12. The molecule has 0 aliphatic carbocycles. The molecule has 0 fully saturated rings. The average molecular weight is 225 g/mol. The van der Waals surface area contributed by atoms with Gasteiger partial charge in [-0.3, -0.25) is 4.18 Å². The smallest absolute Gasteiger partial charge is 0.237 e. The van der Waals surface area contributed by atoms with Gasteiger partial charge in [-0.05, 0) is 27.7 Å². The van der Waals surface area contributed by atoms with E-state index in [1.807, 2.05) is 27.7 Å². The van der Waals surface area contributed by atoms with Crippen molar-refractivity contribution in [1.29, 1.82) is 0 Å². The van der Waals surface area contributed by atoms with Crippen LogP contribution in [-0.4, -0.2) is 33.0 Å². The van der Waals surface area contributed by atoms with Gasteiger partial charge < -0.3 is 0 Å². The maximum atomic E-state index is 11.4. The average Bonchev–Trinajstić information content (AvgIpc) is 1.99. The Kier molecular flexibility index (Phi) is 4.43. The van der Waals surface area contributed by atoms with E-state index < -0.39 is 11.3 Å². The molecule has 0 saturated heterocycles. The summed E-state index contributed by atoms with van der Waals surface area (Å²) in [7, 11) is 3.19. The van der Waals surface area contributed by atoms with Crippen LogP contribution in [0, 0.1) is 0 Å². The first-order chi connectivity index (χ1) is 5.64. The van der Waals surface area contributed by atoms with Gasteiger partial charge in [-0.15, -0.1) is 0 Å². The number of rotatable bonds is 4. The lowest BCUT2D eigenvalue weighted by molar-refractivity contribution is 0.207. The van der Waals surface area contributed by atoms with Gasteiger partial charge >= 0.3 is 0 Å². The fourth-order valence-corrected chi connectivity index (χ4v) is 1.73. The molecule has 0 aromatic carbocycles. The molecule has 0 N–H and O–H groups in total. The monoisotopic (exact) mass is 225 g/mol. The minimum atomic E-state index is -1.40. The number of hydrogen-bond donors (Lipinski definition) is 1. The van der Waals surface area contributed by atoms with Crippen LogP contribution in [0.4, 0.5) is 0 Å². The first-order valence-corrected chi connectivity index (χ1v) is 5.55. The van der Waals surface area contributed by atoms with Crippen LogP contribution in [0.3, 0.4) is 0 Å². The maximum absolute atomic E-state index is 11.4. The van der Waals surface area contributed by atoms with Gasteiger partial charge in [-0.1, -0.05) is 0 Å². The van der Waals surface area contributed by atoms with Crippen molar-refractivity contribution in [3.63, 3.8) is 0 Å². The maximum Gasteiger partial charge on any atom is 0.237 e. The van der Waals surface area contributed by atoms with E-state index in [-0.39, 0.29) is 10.3 Å². The van der Waals surface area contributed by atoms with Gasteiger partial charge in [0.15, 0.2) is 0 Å². The third-order valence-corrected chi connectivity index (χ3v) is 4.39. The molecule has 0 aliphatic heterocycles. The highest BCUT2D eigenvalue weighted by molar-refractivity contribution is 7.82. The fourth-order valence-electron chi connectivity index (χ4n) is 0.683. The van der Waals surface area contributed by atoms with Crippen LogP contribution < -0.4 is 0 Å². The molecular formula is C8H19NO2S2. The van der Waals surface area contributed by atoms with E-state index in [0.717, 1.165) is 0 Å². The third-order valence-electron chi connectivity index (χ3n) is 2.65. The molecule has 80 valence electrons. The summed E-state index contributed by atoms with van der Waals surface area (Å²) < 4.78 is 17.6. The summed E-state index contributed by atoms with van der Waals surface area (Å²) in [5.74, 6) is 0. The second kappa shape index (κ2) is 4.29. The van der Waals surface area contributed by atoms with E-state index in [1.165, 1.54) is 7.11 Å². The van der Waals surface area contributed by atoms with Crippen LogP contribution in [-0.2, 0) is 15.4 Å². The van der Waals surface area contributed by atoms with Crippen LogP contribution in [0.2, 0.25) is 0 Å². The minimum Gasteiger partial charge on any atom is -0.281 e. The predicted octanol–water partition coefficient (Wildman–Crippen LogP) is 1.63. The molecular weight excluding hydrogens is 206 g/mol. The van der Waals surface area contributed by atoms with Crippen molar-refractivity contribution in [2.75, 3.05) is 14.2 Å². The van der Waals surface area contributed by atoms with Crippen molar-refractivity contribution >= 4 is 23.9 Å². The van der Waals surface area contributed by atoms with E-state index in [9.17, 15) is 4.21 Å². The van der Waals surface area contributed by atoms with Crippen LogP contribution in [0.25, 0.3) is 0 Å². The molecule has 0 aliphatic rings. The summed E-state index contributed by atoms with van der Waals surface area (Å²) in [5.41, 5.74) is -0.309. The predicted molar refractivity (Wildman–Crippen MR) is 60.1 cm³/mol. The van der Waals surface area contributed by atoms with E-state index >= 15 is 0 Å². The Bertz CT molecular complexity index is 199. The molecule has 0 aromatic heterocycles. The Morgan fingerprint density at radius 1 is 1.31 bits per heavy atom. The first kappa shape index (κ1) is 13.4. The summed E-state index contributed by atoms with van der Waals surface area (Å²) in [6.45, 7) is 7.94. The standard InChI is InChI=1S/C8H19NO2S2/c1-7(2,8(3,4)12)9(5)13(10)11-6/h12H,1-6H3. The lowest BCUT2D eigenvalue weighted by atomic mass is 9.90. The van der Waals surface area contributed by atoms with Gasteiger partial charge in [0.25, 0.3) is 0 Å². The number of hydrogen-bond acceptors (Lipinski definition) is 3. The van der Waals surface area contributed by atoms with Crippen molar-refractivity contribution in [2.45, 2.75) is 38.0 Å². The Balaban J connectivity index is 4.74. The van der Waals surface area contributed by atoms with Gasteiger partial charge in [0.05, 0.1) is 7.11 Å². The zero-order valence-corrected chi connectivity index (χ0v) is 10.8. The Morgan fingerprint density at radius 2 is 1.69 bits per heavy atom. The normalized spacial score (nSPS) is 16.3. The lowest BCUT2D eigenvalue weighted by Crippen LogP contribution is -2.54. The molecule has 0 bridgehead atoms. The molecule has 1 unspecified atom stereocenters. The third kappa shape index (κ3) is 2.94. The highest BCUT2D eigenvalue weighted by atomic mass is 32.2. The molecule has 0 radical (unpaired) electrons. The first-order valence-electron chi connectivity index (χ1n) is 4.07. The largest absolute Gasteiger partial charge is 0.281 e. The van der Waals surface area contributed by atoms with Crippen molar-refractivity contribution in [3.05, 3.63) is 0 Å². The molecule has 1 atom stereocenters. The summed E-state index contributed by atoms with van der Waals surface area (Å²) in [5, 5.41) is 0.